The molecule has 25 heavy (non-hydrogen) atoms. The van der Waals surface area contributed by atoms with Crippen molar-refractivity contribution in [1.29, 1.82) is 0 Å². The Morgan fingerprint density at radius 2 is 1.80 bits per heavy atom. The molecule has 0 aliphatic carbocycles. The molecule has 0 aliphatic rings. The molecule has 3 aromatic rings. The normalized spacial score (nSPS) is 10.5. The molecule has 0 saturated heterocycles. The van der Waals surface area contributed by atoms with E-state index in [1.54, 1.807) is 7.11 Å². The number of methoxy groups -OCH3 is 1. The summed E-state index contributed by atoms with van der Waals surface area (Å²) in [7, 11) is 1.61. The number of amides is 1. The number of aromatic nitrogens is 2. The Bertz CT molecular complexity index is 839. The highest BCUT2D eigenvalue weighted by Gasteiger charge is 2.10. The molecule has 0 bridgehead atoms. The first-order valence-electron chi connectivity index (χ1n) is 7.93. The Kier molecular flexibility index (Phi) is 5.09. The van der Waals surface area contributed by atoms with E-state index < -0.39 is 0 Å². The summed E-state index contributed by atoms with van der Waals surface area (Å²) in [5, 5.41) is 10.8. The summed E-state index contributed by atoms with van der Waals surface area (Å²) in [4.78, 5) is 12.0. The first-order valence-corrected chi connectivity index (χ1v) is 7.93. The van der Waals surface area contributed by atoms with Crippen LogP contribution in [0.25, 0.3) is 11.5 Å². The maximum Gasteiger partial charge on any atom is 0.247 e. The van der Waals surface area contributed by atoms with E-state index in [1.807, 2.05) is 55.5 Å². The summed E-state index contributed by atoms with van der Waals surface area (Å²) in [5.41, 5.74) is 2.92. The summed E-state index contributed by atoms with van der Waals surface area (Å²) in [5.74, 6) is 1.47. The largest absolute Gasteiger partial charge is 0.497 e. The maximum absolute atomic E-state index is 12.0. The van der Waals surface area contributed by atoms with Gasteiger partial charge in [-0.05, 0) is 36.8 Å². The van der Waals surface area contributed by atoms with Crippen molar-refractivity contribution in [3.05, 3.63) is 65.5 Å². The van der Waals surface area contributed by atoms with Gasteiger partial charge in [0, 0.05) is 5.56 Å². The average Bonchev–Trinajstić information content (AvgIpc) is 3.10. The molecule has 0 atom stereocenters. The second kappa shape index (κ2) is 7.61. The molecule has 0 unspecified atom stereocenters. The van der Waals surface area contributed by atoms with Crippen molar-refractivity contribution in [3.63, 3.8) is 0 Å². The van der Waals surface area contributed by atoms with Crippen LogP contribution in [0, 0.1) is 6.92 Å². The minimum Gasteiger partial charge on any atom is -0.497 e. The fourth-order valence-corrected chi connectivity index (χ4v) is 2.30. The number of ether oxygens (including phenoxy) is 1. The Morgan fingerprint density at radius 1 is 1.08 bits per heavy atom. The van der Waals surface area contributed by atoms with Crippen molar-refractivity contribution in [3.8, 4) is 17.2 Å². The number of nitrogens with one attached hydrogen (secondary N) is 1. The molecule has 1 amide bonds. The molecule has 1 heterocycles. The van der Waals surface area contributed by atoms with Crippen molar-refractivity contribution >= 4 is 5.91 Å². The van der Waals surface area contributed by atoms with Crippen LogP contribution < -0.4 is 10.1 Å². The summed E-state index contributed by atoms with van der Waals surface area (Å²) in [6.45, 7) is 2.22. The Labute approximate surface area is 145 Å². The smallest absolute Gasteiger partial charge is 0.247 e. The predicted octanol–water partition coefficient (Wildman–Crippen LogP) is 2.91. The quantitative estimate of drug-likeness (QED) is 0.748. The van der Waals surface area contributed by atoms with Gasteiger partial charge in [-0.1, -0.05) is 29.8 Å². The molecule has 1 aromatic heterocycles. The Morgan fingerprint density at radius 3 is 2.48 bits per heavy atom. The van der Waals surface area contributed by atoms with E-state index in [4.69, 9.17) is 9.15 Å². The van der Waals surface area contributed by atoms with Gasteiger partial charge in [0.2, 0.25) is 17.7 Å². The third-order valence-corrected chi connectivity index (χ3v) is 3.73. The van der Waals surface area contributed by atoms with Crippen LogP contribution in [0.3, 0.4) is 0 Å². The standard InChI is InChI=1S/C19H19N3O3/c1-13-3-7-15(8-4-13)19-22-21-18(25-19)12-20-17(23)11-14-5-9-16(24-2)10-6-14/h3-10H,11-12H2,1-2H3,(H,20,23). The van der Waals surface area contributed by atoms with Crippen LogP contribution in [-0.2, 0) is 17.8 Å². The van der Waals surface area contributed by atoms with Gasteiger partial charge in [0.25, 0.3) is 0 Å². The molecule has 3 rings (SSSR count). The zero-order chi connectivity index (χ0) is 17.6. The molecule has 6 nitrogen and oxygen atoms in total. The molecule has 1 N–H and O–H groups in total. The lowest BCUT2D eigenvalue weighted by molar-refractivity contribution is -0.120. The lowest BCUT2D eigenvalue weighted by Crippen LogP contribution is -2.24. The summed E-state index contributed by atoms with van der Waals surface area (Å²) in [6.07, 6.45) is 0.281. The van der Waals surface area contributed by atoms with Gasteiger partial charge in [0.05, 0.1) is 20.1 Å². The second-order valence-electron chi connectivity index (χ2n) is 5.67. The highest BCUT2D eigenvalue weighted by atomic mass is 16.5. The minimum absolute atomic E-state index is 0.111. The van der Waals surface area contributed by atoms with Crippen LogP contribution >= 0.6 is 0 Å². The Balaban J connectivity index is 1.54. The van der Waals surface area contributed by atoms with Crippen LogP contribution in [-0.4, -0.2) is 23.2 Å². The molecule has 128 valence electrons. The zero-order valence-electron chi connectivity index (χ0n) is 14.2. The highest BCUT2D eigenvalue weighted by molar-refractivity contribution is 5.78. The monoisotopic (exact) mass is 337 g/mol. The molecule has 0 fully saturated rings. The van der Waals surface area contributed by atoms with Gasteiger partial charge >= 0.3 is 0 Å². The van der Waals surface area contributed by atoms with Gasteiger partial charge in [0.1, 0.15) is 5.75 Å². The molecular weight excluding hydrogens is 318 g/mol. The van der Waals surface area contributed by atoms with Gasteiger partial charge in [-0.15, -0.1) is 10.2 Å². The van der Waals surface area contributed by atoms with Crippen LogP contribution in [0.15, 0.2) is 52.9 Å². The SMILES string of the molecule is COc1ccc(CC(=O)NCc2nnc(-c3ccc(C)cc3)o2)cc1. The first-order chi connectivity index (χ1) is 12.1. The molecule has 0 radical (unpaired) electrons. The molecule has 2 aromatic carbocycles. The number of aryl methyl sites for hydroxylation is 1. The van der Waals surface area contributed by atoms with E-state index in [0.717, 1.165) is 22.4 Å². The first kappa shape index (κ1) is 16.7. The fraction of sp³-hybridized carbons (Fsp3) is 0.211. The summed E-state index contributed by atoms with van der Waals surface area (Å²) in [6, 6.07) is 15.2. The summed E-state index contributed by atoms with van der Waals surface area (Å²) < 4.78 is 10.7. The fourth-order valence-electron chi connectivity index (χ4n) is 2.30. The predicted molar refractivity (Wildman–Crippen MR) is 93.0 cm³/mol. The van der Waals surface area contributed by atoms with E-state index in [2.05, 4.69) is 15.5 Å². The van der Waals surface area contributed by atoms with Gasteiger partial charge in [-0.25, -0.2) is 0 Å². The van der Waals surface area contributed by atoms with Gasteiger partial charge < -0.3 is 14.5 Å². The van der Waals surface area contributed by atoms with E-state index in [-0.39, 0.29) is 18.9 Å². The van der Waals surface area contributed by atoms with E-state index >= 15 is 0 Å². The number of benzene rings is 2. The number of carbonyl (C=O) groups is 1. The molecule has 6 heteroatoms. The molecular formula is C19H19N3O3. The minimum atomic E-state index is -0.111. The van der Waals surface area contributed by atoms with E-state index in [9.17, 15) is 4.79 Å². The van der Waals surface area contributed by atoms with Gasteiger partial charge in [0.15, 0.2) is 0 Å². The average molecular weight is 337 g/mol. The molecule has 0 saturated carbocycles. The van der Waals surface area contributed by atoms with Gasteiger partial charge in [-0.3, -0.25) is 4.79 Å². The number of carbonyl (C=O) groups excluding carboxylic acids is 1. The third kappa shape index (κ3) is 4.44. The van der Waals surface area contributed by atoms with Crippen LogP contribution in [0.5, 0.6) is 5.75 Å². The highest BCUT2D eigenvalue weighted by Crippen LogP contribution is 2.18. The summed E-state index contributed by atoms with van der Waals surface area (Å²) >= 11 is 0. The topological polar surface area (TPSA) is 77.2 Å². The Hall–Kier alpha value is -3.15. The van der Waals surface area contributed by atoms with Crippen molar-refractivity contribution in [2.24, 2.45) is 0 Å². The third-order valence-electron chi connectivity index (χ3n) is 3.73. The van der Waals surface area contributed by atoms with E-state index in [0.29, 0.717) is 11.8 Å². The number of nitrogens with zero attached hydrogens (tertiary/aromatic N) is 2. The number of hydrogen-bond acceptors (Lipinski definition) is 5. The zero-order valence-corrected chi connectivity index (χ0v) is 14.2. The number of rotatable bonds is 6. The van der Waals surface area contributed by atoms with Crippen molar-refractivity contribution in [1.82, 2.24) is 15.5 Å². The molecule has 0 spiro atoms. The lowest BCUT2D eigenvalue weighted by Gasteiger charge is -2.04. The van der Waals surface area contributed by atoms with Crippen molar-refractivity contribution < 1.29 is 13.9 Å². The maximum atomic E-state index is 12.0. The number of hydrogen-bond donors (Lipinski definition) is 1. The van der Waals surface area contributed by atoms with Crippen LogP contribution in [0.2, 0.25) is 0 Å². The van der Waals surface area contributed by atoms with Crippen molar-refractivity contribution in [2.75, 3.05) is 7.11 Å². The van der Waals surface area contributed by atoms with Crippen LogP contribution in [0.1, 0.15) is 17.0 Å². The van der Waals surface area contributed by atoms with Crippen LogP contribution in [0.4, 0.5) is 0 Å². The lowest BCUT2D eigenvalue weighted by atomic mass is 10.1. The van der Waals surface area contributed by atoms with Crippen molar-refractivity contribution in [2.45, 2.75) is 19.9 Å². The van der Waals surface area contributed by atoms with Gasteiger partial charge in [-0.2, -0.15) is 0 Å². The van der Waals surface area contributed by atoms with E-state index in [1.165, 1.54) is 0 Å². The molecule has 0 aliphatic heterocycles. The second-order valence-corrected chi connectivity index (χ2v) is 5.67.